The molecule has 2 unspecified atom stereocenters. The number of carbonyl (C=O) groups is 3. The zero-order valence-electron chi connectivity index (χ0n) is 14.9. The summed E-state index contributed by atoms with van der Waals surface area (Å²) in [6.45, 7) is 2.21. The minimum Gasteiger partial charge on any atom is -0.504 e. The molecule has 2 heterocycles. The number of hydrogen-bond acceptors (Lipinski definition) is 9. The monoisotopic (exact) mass is 391 g/mol. The molecule has 0 saturated carbocycles. The Bertz CT molecular complexity index is 922. The van der Waals surface area contributed by atoms with Crippen LogP contribution in [0.2, 0.25) is 0 Å². The topological polar surface area (TPSA) is 141 Å². The van der Waals surface area contributed by atoms with Gasteiger partial charge in [-0.2, -0.15) is 0 Å². The second kappa shape index (κ2) is 6.41. The third-order valence-corrected chi connectivity index (χ3v) is 4.74. The van der Waals surface area contributed by atoms with Crippen molar-refractivity contribution in [3.05, 3.63) is 23.3 Å². The molecule has 28 heavy (non-hydrogen) atoms. The van der Waals surface area contributed by atoms with Gasteiger partial charge in [-0.3, -0.25) is 14.4 Å². The normalized spacial score (nSPS) is 27.1. The largest absolute Gasteiger partial charge is 0.504 e. The Kier molecular flexibility index (Phi) is 4.15. The second-order valence-electron chi connectivity index (χ2n) is 6.59. The van der Waals surface area contributed by atoms with Crippen LogP contribution < -0.4 is 14.8 Å². The number of aliphatic hydroxyl groups excluding tert-OH is 1. The van der Waals surface area contributed by atoms with Crippen molar-refractivity contribution >= 4 is 23.4 Å². The van der Waals surface area contributed by atoms with Crippen LogP contribution in [0.25, 0.3) is 5.57 Å². The molecule has 3 N–H and O–H groups in total. The lowest BCUT2D eigenvalue weighted by Crippen LogP contribution is -2.59. The van der Waals surface area contributed by atoms with Gasteiger partial charge in [0.25, 0.3) is 5.91 Å². The van der Waals surface area contributed by atoms with E-state index in [1.807, 2.05) is 0 Å². The zero-order chi connectivity index (χ0) is 20.2. The van der Waals surface area contributed by atoms with Gasteiger partial charge in [0.15, 0.2) is 23.7 Å². The van der Waals surface area contributed by atoms with Crippen molar-refractivity contribution in [1.82, 2.24) is 5.32 Å². The summed E-state index contributed by atoms with van der Waals surface area (Å²) >= 11 is 0. The molecule has 0 aromatic heterocycles. The van der Waals surface area contributed by atoms with Crippen molar-refractivity contribution in [1.29, 1.82) is 0 Å². The Balaban J connectivity index is 1.86. The number of phenols is 1. The van der Waals surface area contributed by atoms with Crippen molar-refractivity contribution in [3.8, 4) is 17.2 Å². The van der Waals surface area contributed by atoms with E-state index in [1.54, 1.807) is 0 Å². The van der Waals surface area contributed by atoms with Gasteiger partial charge in [0, 0.05) is 19.4 Å². The minimum absolute atomic E-state index is 0.0496. The fraction of sp³-hybridized carbons (Fsp3) is 0.389. The molecule has 0 saturated heterocycles. The van der Waals surface area contributed by atoms with Crippen LogP contribution in [0.15, 0.2) is 12.1 Å². The first-order valence-corrected chi connectivity index (χ1v) is 8.49. The average molecular weight is 391 g/mol. The predicted octanol–water partition coefficient (Wildman–Crippen LogP) is -0.146. The fourth-order valence-electron chi connectivity index (χ4n) is 3.71. The summed E-state index contributed by atoms with van der Waals surface area (Å²) in [6.07, 6.45) is -2.30. The van der Waals surface area contributed by atoms with E-state index in [0.29, 0.717) is 11.1 Å². The second-order valence-corrected chi connectivity index (χ2v) is 6.59. The van der Waals surface area contributed by atoms with Gasteiger partial charge in [0.2, 0.25) is 12.5 Å². The Morgan fingerprint density at radius 2 is 1.86 bits per heavy atom. The van der Waals surface area contributed by atoms with Crippen LogP contribution in [0.5, 0.6) is 17.2 Å². The Morgan fingerprint density at radius 1 is 1.18 bits per heavy atom. The maximum absolute atomic E-state index is 12.7. The molecule has 4 atom stereocenters. The van der Waals surface area contributed by atoms with Crippen LogP contribution >= 0.6 is 0 Å². The van der Waals surface area contributed by atoms with E-state index in [-0.39, 0.29) is 29.6 Å². The van der Waals surface area contributed by atoms with Crippen molar-refractivity contribution < 1.29 is 43.5 Å². The molecule has 1 amide bonds. The number of nitrogens with one attached hydrogen (secondary N) is 1. The van der Waals surface area contributed by atoms with Crippen LogP contribution in [-0.4, -0.2) is 59.2 Å². The summed E-state index contributed by atoms with van der Waals surface area (Å²) in [5.74, 6) is -2.08. The molecule has 1 aromatic carbocycles. The van der Waals surface area contributed by atoms with Crippen LogP contribution in [0.1, 0.15) is 29.8 Å². The first kappa shape index (κ1) is 18.1. The van der Waals surface area contributed by atoms with E-state index in [0.717, 1.165) is 13.8 Å². The number of aliphatic hydroxyl groups is 1. The van der Waals surface area contributed by atoms with Crippen molar-refractivity contribution in [2.45, 2.75) is 38.2 Å². The standard InChI is InChI=1S/C18H17NO9/c1-6(20)27-15-10(22)3-9-8-4-11-16(26-5-25-11)14(23)12(8)18(24)19-13(9)17(15)28-7(2)21/h3-4,10,13,15,17,22-23H,5H2,1-2H3,(H,19,24)/t10?,13?,15-,17+/m1/s1. The van der Waals surface area contributed by atoms with E-state index < -0.39 is 42.2 Å². The SMILES string of the molecule is CC(=O)O[C@@H]1C(O)C=C2c3cc4c(c(O)c3C(=O)NC2[C@@H]1OC(C)=O)OCO4. The van der Waals surface area contributed by atoms with Crippen molar-refractivity contribution in [3.63, 3.8) is 0 Å². The third-order valence-electron chi connectivity index (χ3n) is 4.74. The summed E-state index contributed by atoms with van der Waals surface area (Å²) < 4.78 is 20.9. The maximum atomic E-state index is 12.7. The van der Waals surface area contributed by atoms with Crippen molar-refractivity contribution in [2.24, 2.45) is 0 Å². The van der Waals surface area contributed by atoms with Gasteiger partial charge in [0.05, 0.1) is 11.6 Å². The molecule has 4 rings (SSSR count). The molecule has 1 aliphatic carbocycles. The fourth-order valence-corrected chi connectivity index (χ4v) is 3.71. The number of hydrogen-bond donors (Lipinski definition) is 3. The van der Waals surface area contributed by atoms with Crippen LogP contribution in [0, 0.1) is 0 Å². The van der Waals surface area contributed by atoms with Crippen LogP contribution in [-0.2, 0) is 19.1 Å². The Morgan fingerprint density at radius 3 is 2.54 bits per heavy atom. The minimum atomic E-state index is -1.31. The predicted molar refractivity (Wildman–Crippen MR) is 90.6 cm³/mol. The Hall–Kier alpha value is -3.27. The highest BCUT2D eigenvalue weighted by molar-refractivity contribution is 6.07. The molecule has 3 aliphatic rings. The van der Waals surface area contributed by atoms with Gasteiger partial charge in [0.1, 0.15) is 6.10 Å². The van der Waals surface area contributed by atoms with E-state index in [4.69, 9.17) is 18.9 Å². The lowest BCUT2D eigenvalue weighted by Gasteiger charge is -2.41. The third kappa shape index (κ3) is 2.73. The van der Waals surface area contributed by atoms with Gasteiger partial charge in [-0.25, -0.2) is 0 Å². The lowest BCUT2D eigenvalue weighted by molar-refractivity contribution is -0.174. The maximum Gasteiger partial charge on any atom is 0.303 e. The molecular weight excluding hydrogens is 374 g/mol. The van der Waals surface area contributed by atoms with Gasteiger partial charge < -0.3 is 34.5 Å². The molecule has 10 heteroatoms. The molecule has 148 valence electrons. The molecule has 0 fully saturated rings. The number of aromatic hydroxyl groups is 1. The smallest absolute Gasteiger partial charge is 0.303 e. The number of carbonyl (C=O) groups excluding carboxylic acids is 3. The molecule has 0 spiro atoms. The van der Waals surface area contributed by atoms with Gasteiger partial charge in [-0.05, 0) is 17.7 Å². The molecule has 0 bridgehead atoms. The quantitative estimate of drug-likeness (QED) is 0.587. The highest BCUT2D eigenvalue weighted by Crippen LogP contribution is 2.48. The molecule has 10 nitrogen and oxygen atoms in total. The number of phenolic OH excluding ortho intramolecular Hbond substituents is 1. The summed E-state index contributed by atoms with van der Waals surface area (Å²) in [7, 11) is 0. The van der Waals surface area contributed by atoms with Gasteiger partial charge in [-0.15, -0.1) is 0 Å². The highest BCUT2D eigenvalue weighted by atomic mass is 16.7. The zero-order valence-corrected chi connectivity index (χ0v) is 14.9. The summed E-state index contributed by atoms with van der Waals surface area (Å²) in [4.78, 5) is 35.7. The van der Waals surface area contributed by atoms with Crippen LogP contribution in [0.4, 0.5) is 0 Å². The molecule has 1 aromatic rings. The summed E-state index contributed by atoms with van der Waals surface area (Å²) in [6, 6.07) is 0.606. The number of ether oxygens (including phenoxy) is 4. The van der Waals surface area contributed by atoms with E-state index in [9.17, 15) is 24.6 Å². The van der Waals surface area contributed by atoms with E-state index in [1.165, 1.54) is 12.1 Å². The van der Waals surface area contributed by atoms with E-state index >= 15 is 0 Å². The van der Waals surface area contributed by atoms with Gasteiger partial charge in [-0.1, -0.05) is 0 Å². The number of rotatable bonds is 2. The summed E-state index contributed by atoms with van der Waals surface area (Å²) in [5.41, 5.74) is 0.643. The number of esters is 2. The van der Waals surface area contributed by atoms with Gasteiger partial charge >= 0.3 is 11.9 Å². The first-order valence-electron chi connectivity index (χ1n) is 8.49. The first-order chi connectivity index (χ1) is 13.3. The number of fused-ring (bicyclic) bond motifs is 4. The molecular formula is C18H17NO9. The molecule has 2 aliphatic heterocycles. The highest BCUT2D eigenvalue weighted by Gasteiger charge is 2.49. The summed E-state index contributed by atoms with van der Waals surface area (Å²) in [5, 5.41) is 23.6. The van der Waals surface area contributed by atoms with E-state index in [2.05, 4.69) is 5.32 Å². The average Bonchev–Trinajstić information content (AvgIpc) is 3.07. The lowest BCUT2D eigenvalue weighted by atomic mass is 9.79. The molecule has 0 radical (unpaired) electrons. The Labute approximate surface area is 158 Å². The van der Waals surface area contributed by atoms with Crippen LogP contribution in [0.3, 0.4) is 0 Å². The number of benzene rings is 1. The van der Waals surface area contributed by atoms with Crippen molar-refractivity contribution in [2.75, 3.05) is 6.79 Å². The number of amides is 1.